The Bertz CT molecular complexity index is 650. The molecular weight excluding hydrogens is 354 g/mol. The molecule has 2 fully saturated rings. The van der Waals surface area contributed by atoms with Gasteiger partial charge in [0.15, 0.2) is 0 Å². The molecule has 1 heterocycles. The van der Waals surface area contributed by atoms with E-state index in [2.05, 4.69) is 15.5 Å². The molecule has 1 aromatic rings. The van der Waals surface area contributed by atoms with Crippen molar-refractivity contribution >= 4 is 23.2 Å². The highest BCUT2D eigenvalue weighted by atomic mass is 16.3. The number of carbonyl (C=O) groups is 2. The molecule has 3 N–H and O–H groups in total. The van der Waals surface area contributed by atoms with Gasteiger partial charge in [-0.1, -0.05) is 37.8 Å². The van der Waals surface area contributed by atoms with Crippen LogP contribution in [0, 0.1) is 11.8 Å². The number of piperidine rings is 1. The van der Waals surface area contributed by atoms with E-state index in [-0.39, 0.29) is 25.0 Å². The number of nitrogens with one attached hydrogen (secondary N) is 2. The Morgan fingerprint density at radius 2 is 1.71 bits per heavy atom. The van der Waals surface area contributed by atoms with E-state index in [0.717, 1.165) is 43.7 Å². The summed E-state index contributed by atoms with van der Waals surface area (Å²) in [5.41, 5.74) is 1.77. The van der Waals surface area contributed by atoms with Crippen LogP contribution in [-0.2, 0) is 9.59 Å². The molecule has 0 aromatic heterocycles. The molecule has 2 amide bonds. The third kappa shape index (κ3) is 5.96. The molecule has 0 unspecified atom stereocenters. The molecule has 0 bridgehead atoms. The zero-order valence-electron chi connectivity index (χ0n) is 16.7. The van der Waals surface area contributed by atoms with Crippen LogP contribution in [0.4, 0.5) is 11.4 Å². The molecule has 2 aliphatic rings. The van der Waals surface area contributed by atoms with Crippen molar-refractivity contribution in [2.24, 2.45) is 11.8 Å². The maximum atomic E-state index is 12.3. The summed E-state index contributed by atoms with van der Waals surface area (Å²) in [7, 11) is 0. The van der Waals surface area contributed by atoms with Crippen molar-refractivity contribution in [3.63, 3.8) is 0 Å². The smallest absolute Gasteiger partial charge is 0.243 e. The molecule has 1 saturated heterocycles. The molecule has 6 heteroatoms. The number of benzene rings is 1. The highest BCUT2D eigenvalue weighted by Gasteiger charge is 2.21. The van der Waals surface area contributed by atoms with E-state index < -0.39 is 0 Å². The fourth-order valence-electron chi connectivity index (χ4n) is 4.31. The van der Waals surface area contributed by atoms with Crippen molar-refractivity contribution in [2.75, 3.05) is 36.5 Å². The Morgan fingerprint density at radius 1 is 1.00 bits per heavy atom. The van der Waals surface area contributed by atoms with Gasteiger partial charge in [-0.3, -0.25) is 9.59 Å². The predicted octanol–water partition coefficient (Wildman–Crippen LogP) is 2.92. The fourth-order valence-corrected chi connectivity index (χ4v) is 4.31. The highest BCUT2D eigenvalue weighted by molar-refractivity contribution is 5.97. The maximum Gasteiger partial charge on any atom is 0.243 e. The summed E-state index contributed by atoms with van der Waals surface area (Å²) in [6.07, 6.45) is 8.39. The molecule has 154 valence electrons. The van der Waals surface area contributed by atoms with Crippen LogP contribution >= 0.6 is 0 Å². The lowest BCUT2D eigenvalue weighted by molar-refractivity contribution is -0.124. The first-order valence-electron chi connectivity index (χ1n) is 10.7. The molecule has 3 rings (SSSR count). The maximum absolute atomic E-state index is 12.3. The Balaban J connectivity index is 1.45. The zero-order valence-corrected chi connectivity index (χ0v) is 16.7. The van der Waals surface area contributed by atoms with Gasteiger partial charge in [0.1, 0.15) is 0 Å². The van der Waals surface area contributed by atoms with Gasteiger partial charge in [0.25, 0.3) is 0 Å². The minimum Gasteiger partial charge on any atom is -0.396 e. The molecule has 0 radical (unpaired) electrons. The Morgan fingerprint density at radius 3 is 2.43 bits per heavy atom. The van der Waals surface area contributed by atoms with Crippen LogP contribution in [0.5, 0.6) is 0 Å². The van der Waals surface area contributed by atoms with E-state index in [4.69, 9.17) is 0 Å². The summed E-state index contributed by atoms with van der Waals surface area (Å²) in [5, 5.41) is 15.0. The standard InChI is InChI=1S/C22H33N3O3/c26-16-18-11-13-25(14-12-18)20-8-4-3-7-19(20)24-22(28)15-23-21(27)10-9-17-5-1-2-6-17/h3-4,7-8,17-18,26H,1-2,5-6,9-16H2,(H,23,27)(H,24,28). The number of hydrogen-bond donors (Lipinski definition) is 3. The number of anilines is 2. The minimum absolute atomic E-state index is 0.00439. The van der Waals surface area contributed by atoms with Crippen LogP contribution in [0.2, 0.25) is 0 Å². The summed E-state index contributed by atoms with van der Waals surface area (Å²) in [6, 6.07) is 7.77. The Hall–Kier alpha value is -2.08. The average molecular weight is 388 g/mol. The number of nitrogens with zero attached hydrogens (tertiary/aromatic N) is 1. The second-order valence-corrected chi connectivity index (χ2v) is 8.14. The van der Waals surface area contributed by atoms with Crippen molar-refractivity contribution < 1.29 is 14.7 Å². The number of hydrogen-bond acceptors (Lipinski definition) is 4. The SMILES string of the molecule is O=C(CCC1CCCC1)NCC(=O)Nc1ccccc1N1CCC(CO)CC1. The lowest BCUT2D eigenvalue weighted by Crippen LogP contribution is -2.36. The highest BCUT2D eigenvalue weighted by Crippen LogP contribution is 2.30. The van der Waals surface area contributed by atoms with Gasteiger partial charge >= 0.3 is 0 Å². The molecule has 0 spiro atoms. The number of rotatable bonds is 8. The first-order valence-corrected chi connectivity index (χ1v) is 10.7. The quantitative estimate of drug-likeness (QED) is 0.641. The third-order valence-electron chi connectivity index (χ3n) is 6.09. The van der Waals surface area contributed by atoms with Crippen molar-refractivity contribution in [3.05, 3.63) is 24.3 Å². The third-order valence-corrected chi connectivity index (χ3v) is 6.09. The largest absolute Gasteiger partial charge is 0.396 e. The van der Waals surface area contributed by atoms with Gasteiger partial charge in [-0.05, 0) is 43.2 Å². The molecular formula is C22H33N3O3. The van der Waals surface area contributed by atoms with Crippen molar-refractivity contribution in [2.45, 2.75) is 51.4 Å². The van der Waals surface area contributed by atoms with Crippen LogP contribution in [-0.4, -0.2) is 43.2 Å². The average Bonchev–Trinajstić information content (AvgIpc) is 3.25. The lowest BCUT2D eigenvalue weighted by atomic mass is 9.97. The number of aliphatic hydroxyl groups is 1. The molecule has 1 saturated carbocycles. The number of aliphatic hydroxyl groups excluding tert-OH is 1. The van der Waals surface area contributed by atoms with E-state index in [9.17, 15) is 14.7 Å². The van der Waals surface area contributed by atoms with E-state index in [1.165, 1.54) is 25.7 Å². The summed E-state index contributed by atoms with van der Waals surface area (Å²) < 4.78 is 0. The van der Waals surface area contributed by atoms with Gasteiger partial charge in [0, 0.05) is 26.1 Å². The second kappa shape index (κ2) is 10.5. The van der Waals surface area contributed by atoms with Gasteiger partial charge in [0.05, 0.1) is 17.9 Å². The summed E-state index contributed by atoms with van der Waals surface area (Å²) in [5.74, 6) is 0.812. The molecule has 1 aromatic carbocycles. The predicted molar refractivity (Wildman–Crippen MR) is 111 cm³/mol. The second-order valence-electron chi connectivity index (χ2n) is 8.14. The van der Waals surface area contributed by atoms with Crippen LogP contribution in [0.1, 0.15) is 51.4 Å². The van der Waals surface area contributed by atoms with E-state index in [1.54, 1.807) is 0 Å². The summed E-state index contributed by atoms with van der Waals surface area (Å²) >= 11 is 0. The molecule has 6 nitrogen and oxygen atoms in total. The van der Waals surface area contributed by atoms with Gasteiger partial charge in [-0.2, -0.15) is 0 Å². The topological polar surface area (TPSA) is 81.7 Å². The molecule has 28 heavy (non-hydrogen) atoms. The van der Waals surface area contributed by atoms with Gasteiger partial charge in [-0.15, -0.1) is 0 Å². The summed E-state index contributed by atoms with van der Waals surface area (Å²) in [4.78, 5) is 26.6. The lowest BCUT2D eigenvalue weighted by Gasteiger charge is -2.34. The number of para-hydroxylation sites is 2. The minimum atomic E-state index is -0.202. The van der Waals surface area contributed by atoms with Crippen molar-refractivity contribution in [3.8, 4) is 0 Å². The van der Waals surface area contributed by atoms with Crippen LogP contribution in [0.25, 0.3) is 0 Å². The number of amides is 2. The van der Waals surface area contributed by atoms with Gasteiger partial charge in [0.2, 0.25) is 11.8 Å². The van der Waals surface area contributed by atoms with Crippen molar-refractivity contribution in [1.29, 1.82) is 0 Å². The first-order chi connectivity index (χ1) is 13.7. The first kappa shape index (κ1) is 20.6. The monoisotopic (exact) mass is 387 g/mol. The van der Waals surface area contributed by atoms with E-state index >= 15 is 0 Å². The Kier molecular flexibility index (Phi) is 7.71. The van der Waals surface area contributed by atoms with Crippen molar-refractivity contribution in [1.82, 2.24) is 5.32 Å². The van der Waals surface area contributed by atoms with Crippen LogP contribution in [0.3, 0.4) is 0 Å². The van der Waals surface area contributed by atoms with Crippen LogP contribution < -0.4 is 15.5 Å². The molecule has 1 aliphatic carbocycles. The van der Waals surface area contributed by atoms with E-state index in [1.807, 2.05) is 24.3 Å². The molecule has 1 aliphatic heterocycles. The van der Waals surface area contributed by atoms with Gasteiger partial charge in [-0.25, -0.2) is 0 Å². The summed E-state index contributed by atoms with van der Waals surface area (Å²) in [6.45, 7) is 1.99. The van der Waals surface area contributed by atoms with E-state index in [0.29, 0.717) is 18.3 Å². The van der Waals surface area contributed by atoms with Gasteiger partial charge < -0.3 is 20.6 Å². The normalized spacial score (nSPS) is 18.2. The number of carbonyl (C=O) groups excluding carboxylic acids is 2. The molecule has 0 atom stereocenters. The van der Waals surface area contributed by atoms with Crippen LogP contribution in [0.15, 0.2) is 24.3 Å². The Labute approximate surface area is 167 Å². The fraction of sp³-hybridized carbons (Fsp3) is 0.636. The zero-order chi connectivity index (χ0) is 19.8.